The van der Waals surface area contributed by atoms with E-state index in [4.69, 9.17) is 19.4 Å². The molecule has 0 aliphatic heterocycles. The Morgan fingerprint density at radius 3 is 1.54 bits per heavy atom. The van der Waals surface area contributed by atoms with Gasteiger partial charge in [0.05, 0.1) is 16.4 Å². The highest BCUT2D eigenvalue weighted by molar-refractivity contribution is 6.27. The number of fused-ring (bicyclic) bond motifs is 9. The highest BCUT2D eigenvalue weighted by Gasteiger charge is 2.23. The van der Waals surface area contributed by atoms with E-state index in [1.165, 1.54) is 11.1 Å². The summed E-state index contributed by atoms with van der Waals surface area (Å²) in [6, 6.07) is 63.2. The van der Waals surface area contributed by atoms with E-state index in [0.29, 0.717) is 17.6 Å². The van der Waals surface area contributed by atoms with Crippen LogP contribution in [-0.4, -0.2) is 19.5 Å². The number of rotatable bonds is 5. The molecular weight excluding hydrogens is 661 g/mol. The van der Waals surface area contributed by atoms with Gasteiger partial charge in [0.1, 0.15) is 11.2 Å². The van der Waals surface area contributed by atoms with Gasteiger partial charge in [-0.3, -0.25) is 4.57 Å². The third kappa shape index (κ3) is 4.76. The zero-order chi connectivity index (χ0) is 35.6. The summed E-state index contributed by atoms with van der Waals surface area (Å²) in [6.07, 6.45) is 0. The van der Waals surface area contributed by atoms with Crippen LogP contribution in [-0.2, 0) is 0 Å². The first kappa shape index (κ1) is 30.3. The molecule has 0 amide bonds. The third-order valence-corrected chi connectivity index (χ3v) is 10.5. The normalized spacial score (nSPS) is 11.7. The topological polar surface area (TPSA) is 56.7 Å². The van der Waals surface area contributed by atoms with Gasteiger partial charge in [-0.25, -0.2) is 4.98 Å². The summed E-state index contributed by atoms with van der Waals surface area (Å²) in [4.78, 5) is 15.3. The van der Waals surface area contributed by atoms with Crippen LogP contribution in [0.2, 0.25) is 0 Å². The van der Waals surface area contributed by atoms with E-state index < -0.39 is 0 Å². The Hall–Kier alpha value is -7.37. The van der Waals surface area contributed by atoms with Gasteiger partial charge in [-0.2, -0.15) is 9.97 Å². The van der Waals surface area contributed by atoms with Crippen LogP contribution in [0.5, 0.6) is 0 Å². The minimum absolute atomic E-state index is 0.544. The number of hydrogen-bond acceptors (Lipinski definition) is 4. The van der Waals surface area contributed by atoms with Gasteiger partial charge in [0.25, 0.3) is 0 Å². The summed E-state index contributed by atoms with van der Waals surface area (Å²) in [5, 5.41) is 6.48. The number of hydrogen-bond donors (Lipinski definition) is 0. The van der Waals surface area contributed by atoms with Crippen LogP contribution in [0.25, 0.3) is 105 Å². The summed E-state index contributed by atoms with van der Waals surface area (Å²) >= 11 is 0. The zero-order valence-electron chi connectivity index (χ0n) is 29.0. The van der Waals surface area contributed by atoms with Crippen LogP contribution in [0.3, 0.4) is 0 Å². The van der Waals surface area contributed by atoms with Gasteiger partial charge < -0.3 is 4.42 Å². The van der Waals surface area contributed by atoms with E-state index in [9.17, 15) is 0 Å². The van der Waals surface area contributed by atoms with Crippen LogP contribution in [0.15, 0.2) is 186 Å². The van der Waals surface area contributed by atoms with E-state index in [0.717, 1.165) is 76.8 Å². The van der Waals surface area contributed by atoms with E-state index in [1.54, 1.807) is 0 Å². The summed E-state index contributed by atoms with van der Waals surface area (Å²) < 4.78 is 9.26. The maximum Gasteiger partial charge on any atom is 0.238 e. The first-order chi connectivity index (χ1) is 26.8. The second kappa shape index (κ2) is 12.1. The Morgan fingerprint density at radius 1 is 0.352 bits per heavy atom. The van der Waals surface area contributed by atoms with E-state index in [2.05, 4.69) is 126 Å². The van der Waals surface area contributed by atoms with Crippen molar-refractivity contribution in [3.63, 3.8) is 0 Å². The highest BCUT2D eigenvalue weighted by Crippen LogP contribution is 2.45. The minimum Gasteiger partial charge on any atom is -0.455 e. The first-order valence-corrected chi connectivity index (χ1v) is 18.1. The van der Waals surface area contributed by atoms with E-state index in [1.807, 2.05) is 60.7 Å². The molecule has 11 rings (SSSR count). The number of furan rings is 1. The Bertz CT molecular complexity index is 3130. The van der Waals surface area contributed by atoms with Crippen molar-refractivity contribution in [3.8, 4) is 51.0 Å². The fraction of sp³-hybridized carbons (Fsp3) is 0. The predicted octanol–water partition coefficient (Wildman–Crippen LogP) is 12.7. The lowest BCUT2D eigenvalue weighted by atomic mass is 9.95. The van der Waals surface area contributed by atoms with Gasteiger partial charge in [-0.15, -0.1) is 0 Å². The molecule has 0 saturated heterocycles. The van der Waals surface area contributed by atoms with Gasteiger partial charge >= 0.3 is 0 Å². The summed E-state index contributed by atoms with van der Waals surface area (Å²) in [6.45, 7) is 0. The van der Waals surface area contributed by atoms with E-state index >= 15 is 0 Å². The number of aromatic nitrogens is 4. The minimum atomic E-state index is 0.544. The van der Waals surface area contributed by atoms with E-state index in [-0.39, 0.29) is 0 Å². The maximum absolute atomic E-state index is 7.09. The molecule has 0 atom stereocenters. The molecular formula is C49H30N4O. The fourth-order valence-corrected chi connectivity index (χ4v) is 7.94. The molecule has 54 heavy (non-hydrogen) atoms. The maximum atomic E-state index is 7.09. The second-order valence-corrected chi connectivity index (χ2v) is 13.6. The molecule has 8 aromatic carbocycles. The molecule has 3 aromatic heterocycles. The lowest BCUT2D eigenvalue weighted by molar-refractivity contribution is 0.676. The summed E-state index contributed by atoms with van der Waals surface area (Å²) in [5.41, 5.74) is 10.1. The van der Waals surface area contributed by atoms with Crippen LogP contribution >= 0.6 is 0 Å². The van der Waals surface area contributed by atoms with Gasteiger partial charge in [0, 0.05) is 32.7 Å². The second-order valence-electron chi connectivity index (χ2n) is 13.6. The lowest BCUT2D eigenvalue weighted by Crippen LogP contribution is -2.06. The van der Waals surface area contributed by atoms with Gasteiger partial charge in [0.2, 0.25) is 5.95 Å². The molecule has 0 fully saturated rings. The monoisotopic (exact) mass is 690 g/mol. The fourth-order valence-electron chi connectivity index (χ4n) is 7.94. The SMILES string of the molecule is c1ccc(-c2ccc3c(c2)c2c4oc5c6ccccc6c(-c6ccccc6)cc5c4ccc2n3-c2nc(-c3ccccc3)nc(-c3ccccc3)n2)cc1. The molecule has 3 heterocycles. The lowest BCUT2D eigenvalue weighted by Gasteiger charge is -2.11. The Labute approximate surface area is 310 Å². The Balaban J connectivity index is 1.26. The number of benzene rings is 8. The molecule has 0 spiro atoms. The molecule has 0 saturated carbocycles. The van der Waals surface area contributed by atoms with Crippen molar-refractivity contribution in [2.24, 2.45) is 0 Å². The van der Waals surface area contributed by atoms with Gasteiger partial charge in [0.15, 0.2) is 11.6 Å². The molecule has 0 unspecified atom stereocenters. The van der Waals surface area contributed by atoms with Crippen molar-refractivity contribution in [2.45, 2.75) is 0 Å². The molecule has 0 aliphatic rings. The summed E-state index contributed by atoms with van der Waals surface area (Å²) in [5.74, 6) is 1.77. The zero-order valence-corrected chi connectivity index (χ0v) is 29.0. The molecule has 0 aliphatic carbocycles. The van der Waals surface area contributed by atoms with Crippen molar-refractivity contribution in [1.29, 1.82) is 0 Å². The van der Waals surface area contributed by atoms with Crippen LogP contribution in [0, 0.1) is 0 Å². The van der Waals surface area contributed by atoms with Crippen molar-refractivity contribution < 1.29 is 4.42 Å². The molecule has 11 aromatic rings. The number of nitrogens with zero attached hydrogens (tertiary/aromatic N) is 4. The average Bonchev–Trinajstić information content (AvgIpc) is 3.80. The van der Waals surface area contributed by atoms with Crippen LogP contribution < -0.4 is 0 Å². The summed E-state index contributed by atoms with van der Waals surface area (Å²) in [7, 11) is 0. The molecule has 5 heteroatoms. The molecule has 252 valence electrons. The largest absolute Gasteiger partial charge is 0.455 e. The molecule has 0 radical (unpaired) electrons. The third-order valence-electron chi connectivity index (χ3n) is 10.5. The van der Waals surface area contributed by atoms with Crippen molar-refractivity contribution in [1.82, 2.24) is 19.5 Å². The first-order valence-electron chi connectivity index (χ1n) is 18.1. The quantitative estimate of drug-likeness (QED) is 0.180. The van der Waals surface area contributed by atoms with Gasteiger partial charge in [-0.05, 0) is 58.0 Å². The Morgan fingerprint density at radius 2 is 0.889 bits per heavy atom. The predicted molar refractivity (Wildman–Crippen MR) is 221 cm³/mol. The van der Waals surface area contributed by atoms with Crippen LogP contribution in [0.4, 0.5) is 0 Å². The van der Waals surface area contributed by atoms with Crippen molar-refractivity contribution in [2.75, 3.05) is 0 Å². The van der Waals surface area contributed by atoms with Crippen LogP contribution in [0.1, 0.15) is 0 Å². The molecule has 5 nitrogen and oxygen atoms in total. The Kier molecular flexibility index (Phi) is 6.79. The molecule has 0 N–H and O–H groups in total. The standard InChI is InChI=1S/C49H30N4O/c1-5-15-31(16-6-1)35-25-27-42-41(29-35)44-43(53(42)49-51-47(33-19-9-3-10-20-33)50-48(52-49)34-21-11-4-12-22-34)28-26-38-40-30-39(32-17-7-2-8-18-32)36-23-13-14-24-37(36)45(40)54-46(38)44/h1-30H. The highest BCUT2D eigenvalue weighted by atomic mass is 16.3. The van der Waals surface area contributed by atoms with Crippen molar-refractivity contribution in [3.05, 3.63) is 182 Å². The van der Waals surface area contributed by atoms with Crippen molar-refractivity contribution >= 4 is 54.5 Å². The smallest absolute Gasteiger partial charge is 0.238 e. The average molecular weight is 691 g/mol. The molecule has 0 bridgehead atoms. The van der Waals surface area contributed by atoms with Gasteiger partial charge in [-0.1, -0.05) is 152 Å².